The number of aryl methyl sites for hydroxylation is 1. The highest BCUT2D eigenvalue weighted by Crippen LogP contribution is 2.22. The summed E-state index contributed by atoms with van der Waals surface area (Å²) in [6, 6.07) is 7.01. The molecule has 6 heteroatoms. The van der Waals surface area contributed by atoms with E-state index >= 15 is 0 Å². The molecule has 0 unspecified atom stereocenters. The molecule has 1 aromatic rings. The van der Waals surface area contributed by atoms with Gasteiger partial charge in [0.05, 0.1) is 0 Å². The summed E-state index contributed by atoms with van der Waals surface area (Å²) >= 11 is 0. The largest absolute Gasteiger partial charge is 0.343 e. The van der Waals surface area contributed by atoms with Crippen molar-refractivity contribution in [3.8, 4) is 0 Å². The zero-order valence-corrected chi connectivity index (χ0v) is 10.8. The van der Waals surface area contributed by atoms with Crippen LogP contribution < -0.4 is 5.23 Å². The lowest BCUT2D eigenvalue weighted by atomic mass is 10.1. The van der Waals surface area contributed by atoms with Gasteiger partial charge in [0, 0.05) is 6.92 Å². The Morgan fingerprint density at radius 1 is 1.26 bits per heavy atom. The van der Waals surface area contributed by atoms with Crippen molar-refractivity contribution in [2.75, 3.05) is 5.23 Å². The number of hydrogen-bond donors (Lipinski definition) is 0. The maximum Gasteiger partial charge on any atom is 0.343 e. The molecule has 0 heterocycles. The van der Waals surface area contributed by atoms with Crippen LogP contribution in [0.3, 0.4) is 0 Å². The lowest BCUT2D eigenvalue weighted by Crippen LogP contribution is -2.30. The third-order valence-electron chi connectivity index (χ3n) is 2.22. The Balaban J connectivity index is 2.98. The molecule has 0 amide bonds. The van der Waals surface area contributed by atoms with Gasteiger partial charge >= 0.3 is 11.9 Å². The third-order valence-corrected chi connectivity index (χ3v) is 2.22. The predicted octanol–water partition coefficient (Wildman–Crippen LogP) is 1.58. The average Bonchev–Trinajstić information content (AvgIpc) is 2.37. The van der Waals surface area contributed by atoms with Crippen molar-refractivity contribution < 1.29 is 24.1 Å². The molecule has 1 rings (SSSR count). The van der Waals surface area contributed by atoms with Crippen LogP contribution in [-0.2, 0) is 30.5 Å². The van der Waals surface area contributed by atoms with Gasteiger partial charge in [-0.05, 0) is 23.3 Å². The number of rotatable bonds is 6. The third kappa shape index (κ3) is 4.42. The van der Waals surface area contributed by atoms with Crippen LogP contribution in [0.25, 0.3) is 0 Å². The first-order chi connectivity index (χ1) is 9.08. The van der Waals surface area contributed by atoms with Crippen LogP contribution in [0.4, 0.5) is 5.69 Å². The Morgan fingerprint density at radius 2 is 1.95 bits per heavy atom. The topological polar surface area (TPSA) is 72.9 Å². The van der Waals surface area contributed by atoms with Gasteiger partial charge in [0.15, 0.2) is 0 Å². The summed E-state index contributed by atoms with van der Waals surface area (Å²) < 4.78 is 0. The SMILES string of the molecule is CCc1ccccc1N(OC(C)=O)OC(=O)CC=O. The first-order valence-corrected chi connectivity index (χ1v) is 5.79. The molecule has 0 fully saturated rings. The molecule has 19 heavy (non-hydrogen) atoms. The second-order valence-corrected chi connectivity index (χ2v) is 3.66. The highest BCUT2D eigenvalue weighted by molar-refractivity contribution is 5.84. The van der Waals surface area contributed by atoms with Crippen LogP contribution in [0.5, 0.6) is 0 Å². The highest BCUT2D eigenvalue weighted by atomic mass is 17.0. The molecule has 0 saturated heterocycles. The Bertz CT molecular complexity index is 472. The standard InChI is InChI=1S/C13H15NO5/c1-3-11-6-4-5-7-12(11)14(18-10(2)16)19-13(17)8-9-15/h4-7,9H,3,8H2,1-2H3. The fourth-order valence-electron chi connectivity index (χ4n) is 1.42. The number of carbonyl (C=O) groups excluding carboxylic acids is 3. The molecule has 1 aromatic carbocycles. The minimum Gasteiger partial charge on any atom is -0.306 e. The summed E-state index contributed by atoms with van der Waals surface area (Å²) in [5.74, 6) is -1.44. The van der Waals surface area contributed by atoms with Crippen LogP contribution in [-0.4, -0.2) is 18.2 Å². The number of nitrogens with zero attached hydrogens (tertiary/aromatic N) is 1. The summed E-state index contributed by atoms with van der Waals surface area (Å²) in [6.45, 7) is 3.10. The Kier molecular flexibility index (Phi) is 5.53. The van der Waals surface area contributed by atoms with Crippen LogP contribution in [0.2, 0.25) is 0 Å². The van der Waals surface area contributed by atoms with Gasteiger partial charge in [-0.2, -0.15) is 0 Å². The summed E-state index contributed by atoms with van der Waals surface area (Å²) in [5, 5.41) is 0.743. The minimum atomic E-state index is -0.804. The zero-order valence-electron chi connectivity index (χ0n) is 10.8. The second kappa shape index (κ2) is 7.15. The molecule has 0 aliphatic heterocycles. The van der Waals surface area contributed by atoms with Crippen molar-refractivity contribution in [3.63, 3.8) is 0 Å². The molecular weight excluding hydrogens is 250 g/mol. The fraction of sp³-hybridized carbons (Fsp3) is 0.308. The molecule has 0 atom stereocenters. The molecule has 0 N–H and O–H groups in total. The number of anilines is 1. The van der Waals surface area contributed by atoms with E-state index in [4.69, 9.17) is 9.68 Å². The number of benzene rings is 1. The van der Waals surface area contributed by atoms with E-state index in [0.29, 0.717) is 18.4 Å². The molecular formula is C13H15NO5. The first kappa shape index (κ1) is 14.7. The van der Waals surface area contributed by atoms with Crippen LogP contribution >= 0.6 is 0 Å². The molecule has 0 aliphatic rings. The van der Waals surface area contributed by atoms with Gasteiger partial charge in [0.2, 0.25) is 0 Å². The van der Waals surface area contributed by atoms with E-state index in [9.17, 15) is 14.4 Å². The van der Waals surface area contributed by atoms with E-state index in [-0.39, 0.29) is 0 Å². The lowest BCUT2D eigenvalue weighted by Gasteiger charge is -2.21. The van der Waals surface area contributed by atoms with E-state index in [0.717, 1.165) is 10.8 Å². The minimum absolute atomic E-state index is 0.411. The van der Waals surface area contributed by atoms with Crippen molar-refractivity contribution in [3.05, 3.63) is 29.8 Å². The van der Waals surface area contributed by atoms with Gasteiger partial charge in [-0.1, -0.05) is 25.1 Å². The van der Waals surface area contributed by atoms with Crippen molar-refractivity contribution in [2.45, 2.75) is 26.7 Å². The van der Waals surface area contributed by atoms with E-state index < -0.39 is 18.4 Å². The van der Waals surface area contributed by atoms with Crippen molar-refractivity contribution in [1.29, 1.82) is 0 Å². The molecule has 102 valence electrons. The second-order valence-electron chi connectivity index (χ2n) is 3.66. The quantitative estimate of drug-likeness (QED) is 0.441. The van der Waals surface area contributed by atoms with Gasteiger partial charge in [-0.15, -0.1) is 0 Å². The van der Waals surface area contributed by atoms with E-state index in [1.165, 1.54) is 6.92 Å². The highest BCUT2D eigenvalue weighted by Gasteiger charge is 2.18. The number of carbonyl (C=O) groups is 3. The number of hydrogen-bond acceptors (Lipinski definition) is 6. The van der Waals surface area contributed by atoms with Crippen molar-refractivity contribution in [2.24, 2.45) is 0 Å². The maximum absolute atomic E-state index is 11.3. The van der Waals surface area contributed by atoms with Gasteiger partial charge < -0.3 is 14.5 Å². The van der Waals surface area contributed by atoms with Gasteiger partial charge in [-0.3, -0.25) is 0 Å². The monoisotopic (exact) mass is 265 g/mol. The van der Waals surface area contributed by atoms with E-state index in [1.807, 2.05) is 19.1 Å². The summed E-state index contributed by atoms with van der Waals surface area (Å²) in [7, 11) is 0. The van der Waals surface area contributed by atoms with Gasteiger partial charge in [-0.25, -0.2) is 9.59 Å². The zero-order chi connectivity index (χ0) is 14.3. The maximum atomic E-state index is 11.3. The number of aldehydes is 1. The van der Waals surface area contributed by atoms with Crippen LogP contribution in [0.1, 0.15) is 25.8 Å². The molecule has 0 spiro atoms. The average molecular weight is 265 g/mol. The molecule has 0 bridgehead atoms. The lowest BCUT2D eigenvalue weighted by molar-refractivity contribution is -0.172. The summed E-state index contributed by atoms with van der Waals surface area (Å²) in [5.41, 5.74) is 1.28. The van der Waals surface area contributed by atoms with Crippen LogP contribution in [0, 0.1) is 0 Å². The Morgan fingerprint density at radius 3 is 2.53 bits per heavy atom. The van der Waals surface area contributed by atoms with Crippen molar-refractivity contribution in [1.82, 2.24) is 0 Å². The van der Waals surface area contributed by atoms with Gasteiger partial charge in [0.25, 0.3) is 0 Å². The molecule has 0 saturated carbocycles. The normalized spacial score (nSPS) is 9.58. The summed E-state index contributed by atoms with van der Waals surface area (Å²) in [6.07, 6.45) is 0.672. The van der Waals surface area contributed by atoms with E-state index in [2.05, 4.69) is 0 Å². The Hall–Kier alpha value is -2.37. The fourth-order valence-corrected chi connectivity index (χ4v) is 1.42. The first-order valence-electron chi connectivity index (χ1n) is 5.79. The Labute approximate surface area is 110 Å². The smallest absolute Gasteiger partial charge is 0.306 e. The van der Waals surface area contributed by atoms with Crippen molar-refractivity contribution >= 4 is 23.9 Å². The summed E-state index contributed by atoms with van der Waals surface area (Å²) in [4.78, 5) is 42.3. The van der Waals surface area contributed by atoms with Crippen LogP contribution in [0.15, 0.2) is 24.3 Å². The molecule has 0 aromatic heterocycles. The number of para-hydroxylation sites is 1. The van der Waals surface area contributed by atoms with Gasteiger partial charge in [0.1, 0.15) is 18.4 Å². The molecule has 0 aliphatic carbocycles. The molecule has 6 nitrogen and oxygen atoms in total. The molecule has 0 radical (unpaired) electrons. The predicted molar refractivity (Wildman–Crippen MR) is 66.8 cm³/mol. The van der Waals surface area contributed by atoms with E-state index in [1.54, 1.807) is 12.1 Å².